The highest BCUT2D eigenvalue weighted by Gasteiger charge is 2.56. The Morgan fingerprint density at radius 3 is 1.85 bits per heavy atom. The first kappa shape index (κ1) is 22.9. The van der Waals surface area contributed by atoms with E-state index in [9.17, 15) is 12.8 Å². The third-order valence-corrected chi connectivity index (χ3v) is 10.3. The molecule has 4 aliphatic rings. The number of anilines is 1. The van der Waals surface area contributed by atoms with Gasteiger partial charge in [-0.15, -0.1) is 0 Å². The van der Waals surface area contributed by atoms with Gasteiger partial charge in [0.15, 0.2) is 0 Å². The van der Waals surface area contributed by atoms with Crippen LogP contribution in [0.15, 0.2) is 53.4 Å². The molecule has 178 valence electrons. The van der Waals surface area contributed by atoms with E-state index in [0.29, 0.717) is 24.3 Å². The zero-order chi connectivity index (χ0) is 23.2. The Morgan fingerprint density at radius 1 is 0.848 bits per heavy atom. The molecular formula is C27H35FN2O2S. The van der Waals surface area contributed by atoms with E-state index in [2.05, 4.69) is 43.0 Å². The van der Waals surface area contributed by atoms with Gasteiger partial charge in [-0.2, -0.15) is 4.31 Å². The first-order valence-corrected chi connectivity index (χ1v) is 13.9. The van der Waals surface area contributed by atoms with E-state index in [0.717, 1.165) is 43.6 Å². The summed E-state index contributed by atoms with van der Waals surface area (Å²) in [7, 11) is -3.76. The van der Waals surface area contributed by atoms with Crippen molar-refractivity contribution in [3.8, 4) is 0 Å². The average molecular weight is 471 g/mol. The van der Waals surface area contributed by atoms with Gasteiger partial charge in [0.1, 0.15) is 5.82 Å². The van der Waals surface area contributed by atoms with Crippen LogP contribution in [-0.2, 0) is 16.6 Å². The Morgan fingerprint density at radius 2 is 1.36 bits per heavy atom. The number of sulfonamides is 1. The van der Waals surface area contributed by atoms with Gasteiger partial charge in [0.2, 0.25) is 10.0 Å². The molecule has 4 nitrogen and oxygen atoms in total. The lowest BCUT2D eigenvalue weighted by molar-refractivity contribution is -0.0590. The summed E-state index contributed by atoms with van der Waals surface area (Å²) < 4.78 is 43.4. The Bertz CT molecular complexity index is 1040. The maximum atomic E-state index is 14.0. The first-order chi connectivity index (χ1) is 15.8. The summed E-state index contributed by atoms with van der Waals surface area (Å²) in [5.74, 6) is 1.48. The third-order valence-electron chi connectivity index (χ3n) is 8.33. The molecule has 6 heteroatoms. The maximum absolute atomic E-state index is 14.0. The summed E-state index contributed by atoms with van der Waals surface area (Å²) in [6.45, 7) is 6.52. The van der Waals surface area contributed by atoms with Crippen LogP contribution >= 0.6 is 0 Å². The maximum Gasteiger partial charge on any atom is 0.243 e. The highest BCUT2D eigenvalue weighted by Crippen LogP contribution is 2.58. The molecular weight excluding hydrogens is 435 g/mol. The molecule has 4 fully saturated rings. The molecule has 0 radical (unpaired) electrons. The van der Waals surface area contributed by atoms with Crippen LogP contribution in [0.4, 0.5) is 10.1 Å². The van der Waals surface area contributed by atoms with Gasteiger partial charge >= 0.3 is 0 Å². The van der Waals surface area contributed by atoms with Gasteiger partial charge in [0.05, 0.1) is 4.90 Å². The van der Waals surface area contributed by atoms with Crippen molar-refractivity contribution in [2.75, 3.05) is 18.0 Å². The number of nitrogens with zero attached hydrogens (tertiary/aromatic N) is 2. The number of hydrogen-bond donors (Lipinski definition) is 0. The predicted molar refractivity (Wildman–Crippen MR) is 130 cm³/mol. The van der Waals surface area contributed by atoms with Crippen LogP contribution < -0.4 is 4.90 Å². The molecule has 0 aliphatic heterocycles. The van der Waals surface area contributed by atoms with E-state index in [4.69, 9.17) is 0 Å². The van der Waals surface area contributed by atoms with Gasteiger partial charge < -0.3 is 4.90 Å². The molecule has 4 bridgehead atoms. The molecule has 0 atom stereocenters. The van der Waals surface area contributed by atoms with Crippen molar-refractivity contribution in [3.63, 3.8) is 0 Å². The summed E-state index contributed by atoms with van der Waals surface area (Å²) >= 11 is 0. The van der Waals surface area contributed by atoms with Crippen molar-refractivity contribution in [1.82, 2.24) is 4.31 Å². The summed E-state index contributed by atoms with van der Waals surface area (Å²) in [5.41, 5.74) is 1.85. The summed E-state index contributed by atoms with van der Waals surface area (Å²) in [6.07, 6.45) is 6.62. The Labute approximate surface area is 197 Å². The van der Waals surface area contributed by atoms with Gasteiger partial charge in [0.25, 0.3) is 0 Å². The van der Waals surface area contributed by atoms with Crippen LogP contribution in [0.2, 0.25) is 0 Å². The Balaban J connectivity index is 1.52. The lowest BCUT2D eigenvalue weighted by Gasteiger charge is -2.59. The molecule has 2 aromatic carbocycles. The Hall–Kier alpha value is -1.92. The number of halogens is 1. The highest BCUT2D eigenvalue weighted by molar-refractivity contribution is 7.89. The largest absolute Gasteiger partial charge is 0.372 e. The van der Waals surface area contributed by atoms with Crippen molar-refractivity contribution >= 4 is 15.7 Å². The fourth-order valence-corrected chi connectivity index (χ4v) is 8.97. The normalized spacial score (nSPS) is 28.4. The van der Waals surface area contributed by atoms with Crippen LogP contribution in [0, 0.1) is 23.6 Å². The van der Waals surface area contributed by atoms with E-state index < -0.39 is 15.8 Å². The molecule has 0 saturated heterocycles. The van der Waals surface area contributed by atoms with Crippen molar-refractivity contribution < 1.29 is 12.8 Å². The van der Waals surface area contributed by atoms with Crippen molar-refractivity contribution in [2.45, 2.75) is 69.4 Å². The molecule has 0 amide bonds. The molecule has 6 rings (SSSR count). The van der Waals surface area contributed by atoms with Gasteiger partial charge in [-0.1, -0.05) is 12.1 Å². The molecule has 33 heavy (non-hydrogen) atoms. The van der Waals surface area contributed by atoms with Crippen LogP contribution in [0.5, 0.6) is 0 Å². The second kappa shape index (κ2) is 8.70. The second-order valence-electron chi connectivity index (χ2n) is 10.4. The first-order valence-electron chi connectivity index (χ1n) is 12.5. The monoisotopic (exact) mass is 470 g/mol. The van der Waals surface area contributed by atoms with E-state index in [1.165, 1.54) is 43.5 Å². The van der Waals surface area contributed by atoms with Crippen molar-refractivity contribution in [1.29, 1.82) is 0 Å². The van der Waals surface area contributed by atoms with E-state index in [-0.39, 0.29) is 10.4 Å². The minimum Gasteiger partial charge on any atom is -0.372 e. The molecule has 4 saturated carbocycles. The average Bonchev–Trinajstić information content (AvgIpc) is 2.78. The summed E-state index contributed by atoms with van der Waals surface area (Å²) in [6, 6.07) is 13.7. The smallest absolute Gasteiger partial charge is 0.243 e. The number of hydrogen-bond acceptors (Lipinski definition) is 3. The van der Waals surface area contributed by atoms with Gasteiger partial charge in [-0.05, 0) is 112 Å². The zero-order valence-corrected chi connectivity index (χ0v) is 20.5. The van der Waals surface area contributed by atoms with E-state index >= 15 is 0 Å². The standard InChI is InChI=1S/C27H35FN2O2S/c1-3-29(4-2)25-9-5-20(6-10-25)19-30(33(31,32)26-11-7-24(28)8-12-26)27-16-21-13-22(17-27)15-23(14-21)18-27/h5-12,21-23H,3-4,13-19H2,1-2H3. The lowest BCUT2D eigenvalue weighted by atomic mass is 9.53. The molecule has 4 aliphatic carbocycles. The van der Waals surface area contributed by atoms with E-state index in [1.54, 1.807) is 0 Å². The third kappa shape index (κ3) is 4.21. The summed E-state index contributed by atoms with van der Waals surface area (Å²) in [5, 5.41) is 0. The fourth-order valence-electron chi connectivity index (χ4n) is 7.18. The van der Waals surface area contributed by atoms with Crippen LogP contribution in [0.3, 0.4) is 0 Å². The van der Waals surface area contributed by atoms with Crippen LogP contribution in [0.25, 0.3) is 0 Å². The molecule has 0 heterocycles. The number of benzene rings is 2. The van der Waals surface area contributed by atoms with E-state index in [1.807, 2.05) is 4.31 Å². The van der Waals surface area contributed by atoms with Crippen LogP contribution in [-0.4, -0.2) is 31.4 Å². The fraction of sp³-hybridized carbons (Fsp3) is 0.556. The molecule has 0 N–H and O–H groups in total. The lowest BCUT2D eigenvalue weighted by Crippen LogP contribution is -2.61. The molecule has 0 spiro atoms. The second-order valence-corrected chi connectivity index (χ2v) is 12.3. The van der Waals surface area contributed by atoms with Crippen molar-refractivity contribution in [2.24, 2.45) is 17.8 Å². The topological polar surface area (TPSA) is 40.6 Å². The quantitative estimate of drug-likeness (QED) is 0.487. The predicted octanol–water partition coefficient (Wildman–Crippen LogP) is 5.83. The minimum absolute atomic E-state index is 0.194. The summed E-state index contributed by atoms with van der Waals surface area (Å²) in [4.78, 5) is 2.48. The SMILES string of the molecule is CCN(CC)c1ccc(CN(C23CC4CC(CC(C4)C2)C3)S(=O)(=O)c2ccc(F)cc2)cc1. The highest BCUT2D eigenvalue weighted by atomic mass is 32.2. The Kier molecular flexibility index (Phi) is 6.02. The zero-order valence-electron chi connectivity index (χ0n) is 19.7. The van der Waals surface area contributed by atoms with Gasteiger partial charge in [0, 0.05) is 30.9 Å². The number of rotatable bonds is 8. The minimum atomic E-state index is -3.76. The van der Waals surface area contributed by atoms with Crippen molar-refractivity contribution in [3.05, 3.63) is 59.9 Å². The van der Waals surface area contributed by atoms with Gasteiger partial charge in [-0.3, -0.25) is 0 Å². The van der Waals surface area contributed by atoms with Gasteiger partial charge in [-0.25, -0.2) is 12.8 Å². The molecule has 0 unspecified atom stereocenters. The molecule has 0 aromatic heterocycles. The molecule has 2 aromatic rings. The van der Waals surface area contributed by atoms with Crippen LogP contribution in [0.1, 0.15) is 57.9 Å².